The van der Waals surface area contributed by atoms with Gasteiger partial charge < -0.3 is 19.3 Å². The van der Waals surface area contributed by atoms with E-state index in [0.717, 1.165) is 12.8 Å². The van der Waals surface area contributed by atoms with Gasteiger partial charge >= 0.3 is 6.09 Å². The summed E-state index contributed by atoms with van der Waals surface area (Å²) in [6.45, 7) is 6.09. The van der Waals surface area contributed by atoms with E-state index in [1.165, 1.54) is 4.90 Å². The molecule has 1 unspecified atom stereocenters. The average Bonchev–Trinajstić information content (AvgIpc) is 2.72. The number of nitrogens with one attached hydrogen (secondary N) is 1. The lowest BCUT2D eigenvalue weighted by molar-refractivity contribution is 0.0694. The van der Waals surface area contributed by atoms with E-state index < -0.39 is 17.5 Å². The average molecular weight is 290 g/mol. The molecule has 2 aliphatic rings. The highest BCUT2D eigenvalue weighted by molar-refractivity contribution is 7.90. The lowest BCUT2D eigenvalue weighted by Crippen LogP contribution is -2.54. The fourth-order valence-corrected chi connectivity index (χ4v) is 3.60. The van der Waals surface area contributed by atoms with Crippen LogP contribution < -0.4 is 4.72 Å². The number of rotatable bonds is 3. The van der Waals surface area contributed by atoms with Crippen LogP contribution in [0.15, 0.2) is 0 Å². The van der Waals surface area contributed by atoms with Crippen molar-refractivity contribution in [3.63, 3.8) is 0 Å². The van der Waals surface area contributed by atoms with Gasteiger partial charge in [-0.15, -0.1) is 4.72 Å². The quantitative estimate of drug-likeness (QED) is 0.751. The zero-order valence-corrected chi connectivity index (χ0v) is 12.2. The maximum atomic E-state index is 11.9. The smallest absolute Gasteiger partial charge is 0.407 e. The van der Waals surface area contributed by atoms with E-state index in [9.17, 15) is 9.35 Å². The van der Waals surface area contributed by atoms with Gasteiger partial charge in [0.15, 0.2) is 0 Å². The molecule has 2 atom stereocenters. The second-order valence-corrected chi connectivity index (χ2v) is 7.44. The molecule has 0 radical (unpaired) electrons. The molecule has 2 N–H and O–H groups in total. The third-order valence-corrected chi connectivity index (χ3v) is 5.50. The Kier molecular flexibility index (Phi) is 4.60. The van der Waals surface area contributed by atoms with Crippen molar-refractivity contribution in [3.05, 3.63) is 0 Å². The Morgan fingerprint density at radius 3 is 2.68 bits per heavy atom. The van der Waals surface area contributed by atoms with Crippen LogP contribution in [-0.4, -0.2) is 58.2 Å². The first kappa shape index (κ1) is 14.9. The summed E-state index contributed by atoms with van der Waals surface area (Å²) in [7, 11) is 0. The van der Waals surface area contributed by atoms with Gasteiger partial charge in [0.1, 0.15) is 5.25 Å². The van der Waals surface area contributed by atoms with Crippen molar-refractivity contribution in [3.8, 4) is 0 Å². The number of likely N-dealkylation sites (tertiary alicyclic amines) is 1. The number of carbonyl (C=O) groups is 1. The van der Waals surface area contributed by atoms with Gasteiger partial charge in [-0.2, -0.15) is 0 Å². The molecule has 19 heavy (non-hydrogen) atoms. The van der Waals surface area contributed by atoms with Crippen molar-refractivity contribution >= 4 is 17.5 Å². The van der Waals surface area contributed by atoms with Crippen LogP contribution >= 0.6 is 0 Å². The molecule has 0 aromatic rings. The Morgan fingerprint density at radius 1 is 1.53 bits per heavy atom. The third-order valence-electron chi connectivity index (χ3n) is 4.13. The van der Waals surface area contributed by atoms with Gasteiger partial charge in [-0.25, -0.2) is 4.79 Å². The fourth-order valence-electron chi connectivity index (χ4n) is 2.73. The highest BCUT2D eigenvalue weighted by Gasteiger charge is 2.48. The molecule has 0 bridgehead atoms. The molecular weight excluding hydrogens is 268 g/mol. The molecule has 2 fully saturated rings. The minimum atomic E-state index is -1.07. The van der Waals surface area contributed by atoms with Gasteiger partial charge in [0.05, 0.1) is 19.3 Å². The van der Waals surface area contributed by atoms with Crippen molar-refractivity contribution < 1.29 is 19.2 Å². The van der Waals surface area contributed by atoms with E-state index >= 15 is 0 Å². The number of hydrogen-bond donors (Lipinski definition) is 2. The molecule has 110 valence electrons. The minimum Gasteiger partial charge on any atom is -0.598 e. The van der Waals surface area contributed by atoms with Crippen molar-refractivity contribution in [1.82, 2.24) is 9.62 Å². The molecule has 0 aromatic heterocycles. The summed E-state index contributed by atoms with van der Waals surface area (Å²) in [4.78, 5) is 12.4. The lowest BCUT2D eigenvalue weighted by atomic mass is 9.75. The van der Waals surface area contributed by atoms with Crippen LogP contribution in [0.2, 0.25) is 0 Å². The fraction of sp³-hybridized carbons (Fsp3) is 0.917. The van der Waals surface area contributed by atoms with Crippen LogP contribution in [0.3, 0.4) is 0 Å². The largest absolute Gasteiger partial charge is 0.598 e. The predicted octanol–water partition coefficient (Wildman–Crippen LogP) is 0.807. The van der Waals surface area contributed by atoms with Crippen LogP contribution in [0, 0.1) is 5.41 Å². The molecule has 1 spiro atoms. The predicted molar refractivity (Wildman–Crippen MR) is 72.3 cm³/mol. The molecule has 0 saturated carbocycles. The topological polar surface area (TPSA) is 84.9 Å². The molecule has 2 saturated heterocycles. The number of nitrogens with zero attached hydrogens (tertiary/aromatic N) is 1. The van der Waals surface area contributed by atoms with E-state index in [4.69, 9.17) is 9.84 Å². The van der Waals surface area contributed by atoms with Crippen LogP contribution in [0.1, 0.15) is 26.7 Å². The molecular formula is C12H22N2O4S. The standard InChI is InChI=1S/C12H22N2O4S/c1-9(2)19(17)13-10-7-18-8-12(10)3-5-14(6-4-12)11(15)16/h9-10,13H,3-8H2,1-2H3,(H,15,16)/t10-,19?/m1/s1. The monoisotopic (exact) mass is 290 g/mol. The van der Waals surface area contributed by atoms with Gasteiger partial charge in [0, 0.05) is 29.9 Å². The van der Waals surface area contributed by atoms with Gasteiger partial charge in [-0.1, -0.05) is 0 Å². The highest BCUT2D eigenvalue weighted by Crippen LogP contribution is 2.39. The minimum absolute atomic E-state index is 0.0590. The van der Waals surface area contributed by atoms with Gasteiger partial charge in [0.2, 0.25) is 0 Å². The lowest BCUT2D eigenvalue weighted by Gasteiger charge is -2.40. The molecule has 2 heterocycles. The van der Waals surface area contributed by atoms with Crippen LogP contribution in [-0.2, 0) is 16.1 Å². The maximum Gasteiger partial charge on any atom is 0.407 e. The summed E-state index contributed by atoms with van der Waals surface area (Å²) >= 11 is -1.07. The first-order valence-corrected chi connectivity index (χ1v) is 7.88. The SMILES string of the molecule is CC(C)[S+]([O-])N[C@@H]1COCC12CCN(C(=O)O)CC2. The van der Waals surface area contributed by atoms with Crippen molar-refractivity contribution in [1.29, 1.82) is 0 Å². The van der Waals surface area contributed by atoms with Crippen molar-refractivity contribution in [2.24, 2.45) is 5.41 Å². The zero-order valence-electron chi connectivity index (χ0n) is 11.4. The normalized spacial score (nSPS) is 28.0. The van der Waals surface area contributed by atoms with E-state index in [2.05, 4.69) is 4.72 Å². The molecule has 6 nitrogen and oxygen atoms in total. The second-order valence-electron chi connectivity index (χ2n) is 5.66. The Labute approximate surface area is 116 Å². The summed E-state index contributed by atoms with van der Waals surface area (Å²) < 4.78 is 20.7. The first-order valence-electron chi connectivity index (χ1n) is 6.67. The van der Waals surface area contributed by atoms with Crippen LogP contribution in [0.4, 0.5) is 4.79 Å². The molecule has 1 amide bonds. The summed E-state index contributed by atoms with van der Waals surface area (Å²) in [5.74, 6) is 0. The van der Waals surface area contributed by atoms with Gasteiger partial charge in [0.25, 0.3) is 0 Å². The summed E-state index contributed by atoms with van der Waals surface area (Å²) in [5.41, 5.74) is -0.0590. The second kappa shape index (κ2) is 5.87. The number of amides is 1. The van der Waals surface area contributed by atoms with Crippen LogP contribution in [0.5, 0.6) is 0 Å². The summed E-state index contributed by atoms with van der Waals surface area (Å²) in [6, 6.07) is 0.0617. The van der Waals surface area contributed by atoms with E-state index in [0.29, 0.717) is 26.3 Å². The third kappa shape index (κ3) is 3.16. The maximum absolute atomic E-state index is 11.9. The molecule has 0 aromatic carbocycles. The zero-order chi connectivity index (χ0) is 14.0. The molecule has 0 aliphatic carbocycles. The number of ether oxygens (including phenoxy) is 1. The van der Waals surface area contributed by atoms with E-state index in [-0.39, 0.29) is 16.7 Å². The number of hydrogen-bond acceptors (Lipinski definition) is 4. The Balaban J connectivity index is 1.97. The van der Waals surface area contributed by atoms with Gasteiger partial charge in [-0.05, 0) is 26.7 Å². The van der Waals surface area contributed by atoms with Crippen molar-refractivity contribution in [2.45, 2.75) is 38.0 Å². The summed E-state index contributed by atoms with van der Waals surface area (Å²) in [6.07, 6.45) is 0.683. The Bertz CT molecular complexity index is 332. The molecule has 2 rings (SSSR count). The molecule has 7 heteroatoms. The van der Waals surface area contributed by atoms with Crippen LogP contribution in [0.25, 0.3) is 0 Å². The van der Waals surface area contributed by atoms with E-state index in [1.54, 1.807) is 0 Å². The molecule has 2 aliphatic heterocycles. The summed E-state index contributed by atoms with van der Waals surface area (Å²) in [5, 5.41) is 9.05. The highest BCUT2D eigenvalue weighted by atomic mass is 32.2. The Morgan fingerprint density at radius 2 is 2.16 bits per heavy atom. The number of piperidine rings is 1. The van der Waals surface area contributed by atoms with Gasteiger partial charge in [-0.3, -0.25) is 0 Å². The van der Waals surface area contributed by atoms with Crippen molar-refractivity contribution in [2.75, 3.05) is 26.3 Å². The Hall–Kier alpha value is -0.500. The van der Waals surface area contributed by atoms with E-state index in [1.807, 2.05) is 13.8 Å². The number of carboxylic acid groups (broad SMARTS) is 1. The first-order chi connectivity index (χ1) is 8.94.